The number of carbonyl (C=O) groups is 2. The maximum absolute atomic E-state index is 12.1. The normalized spacial score (nSPS) is 18.2. The van der Waals surface area contributed by atoms with Gasteiger partial charge in [-0.3, -0.25) is 4.79 Å². The number of hydrogen-bond donors (Lipinski definition) is 2. The zero-order valence-corrected chi connectivity index (χ0v) is 12.2. The fourth-order valence-electron chi connectivity index (χ4n) is 2.34. The molecule has 0 aliphatic carbocycles. The lowest BCUT2D eigenvalue weighted by molar-refractivity contribution is -0.117. The summed E-state index contributed by atoms with van der Waals surface area (Å²) in [7, 11) is 0. The fourth-order valence-corrected chi connectivity index (χ4v) is 2.34. The van der Waals surface area contributed by atoms with Crippen molar-refractivity contribution in [2.45, 2.75) is 33.2 Å². The van der Waals surface area contributed by atoms with Gasteiger partial charge < -0.3 is 15.5 Å². The van der Waals surface area contributed by atoms with Gasteiger partial charge in [-0.25, -0.2) is 4.79 Å². The molecule has 2 rings (SSSR count). The van der Waals surface area contributed by atoms with Crippen molar-refractivity contribution in [1.29, 1.82) is 0 Å². The Bertz CT molecular complexity index is 528. The third-order valence-electron chi connectivity index (χ3n) is 3.60. The van der Waals surface area contributed by atoms with Crippen molar-refractivity contribution in [2.75, 3.05) is 18.0 Å². The van der Waals surface area contributed by atoms with Gasteiger partial charge in [-0.05, 0) is 44.0 Å². The molecule has 3 amide bonds. The highest BCUT2D eigenvalue weighted by Crippen LogP contribution is 2.23. The molecule has 20 heavy (non-hydrogen) atoms. The van der Waals surface area contributed by atoms with Crippen LogP contribution in [0.1, 0.15) is 24.5 Å². The Kier molecular flexibility index (Phi) is 4.27. The summed E-state index contributed by atoms with van der Waals surface area (Å²) in [6.45, 7) is 7.04. The Hall–Kier alpha value is -2.04. The van der Waals surface area contributed by atoms with Crippen LogP contribution in [0.4, 0.5) is 10.5 Å². The first-order chi connectivity index (χ1) is 9.51. The molecule has 0 aromatic heterocycles. The Balaban J connectivity index is 2.05. The van der Waals surface area contributed by atoms with Gasteiger partial charge in [0.15, 0.2) is 0 Å². The molecule has 1 aliphatic rings. The molecule has 5 heteroatoms. The summed E-state index contributed by atoms with van der Waals surface area (Å²) >= 11 is 0. The van der Waals surface area contributed by atoms with Gasteiger partial charge in [-0.1, -0.05) is 6.07 Å². The third-order valence-corrected chi connectivity index (χ3v) is 3.60. The van der Waals surface area contributed by atoms with Crippen LogP contribution in [0.15, 0.2) is 18.2 Å². The van der Waals surface area contributed by atoms with Crippen molar-refractivity contribution in [1.82, 2.24) is 10.6 Å². The highest BCUT2D eigenvalue weighted by atomic mass is 16.2. The number of anilines is 1. The minimum Gasteiger partial charge on any atom is -0.338 e. The van der Waals surface area contributed by atoms with E-state index in [0.717, 1.165) is 11.3 Å². The summed E-state index contributed by atoms with van der Waals surface area (Å²) in [5, 5.41) is 5.50. The van der Waals surface area contributed by atoms with Crippen LogP contribution in [0.3, 0.4) is 0 Å². The number of amides is 3. The van der Waals surface area contributed by atoms with Crippen LogP contribution < -0.4 is 15.5 Å². The predicted octanol–water partition coefficient (Wildman–Crippen LogP) is 1.73. The predicted molar refractivity (Wildman–Crippen MR) is 78.9 cm³/mol. The molecule has 2 N–H and O–H groups in total. The molecule has 1 aromatic carbocycles. The number of rotatable bonds is 3. The molecule has 1 fully saturated rings. The maximum atomic E-state index is 12.1. The second-order valence-corrected chi connectivity index (χ2v) is 5.18. The molecule has 1 atom stereocenters. The SMILES string of the molecule is CCNC(=O)N[C@H]1CC(=O)N(c2ccc(C)c(C)c2)C1. The quantitative estimate of drug-likeness (QED) is 0.882. The van der Waals surface area contributed by atoms with Gasteiger partial charge >= 0.3 is 6.03 Å². The van der Waals surface area contributed by atoms with Gasteiger partial charge in [0.25, 0.3) is 0 Å². The van der Waals surface area contributed by atoms with Gasteiger partial charge in [-0.15, -0.1) is 0 Å². The first-order valence-corrected chi connectivity index (χ1v) is 6.93. The van der Waals surface area contributed by atoms with Crippen molar-refractivity contribution in [3.8, 4) is 0 Å². The second-order valence-electron chi connectivity index (χ2n) is 5.18. The number of nitrogens with one attached hydrogen (secondary N) is 2. The molecule has 0 radical (unpaired) electrons. The van der Waals surface area contributed by atoms with Crippen molar-refractivity contribution < 1.29 is 9.59 Å². The molecule has 1 saturated heterocycles. The van der Waals surface area contributed by atoms with E-state index in [1.807, 2.05) is 39.0 Å². The van der Waals surface area contributed by atoms with E-state index in [9.17, 15) is 9.59 Å². The van der Waals surface area contributed by atoms with E-state index in [-0.39, 0.29) is 18.0 Å². The summed E-state index contributed by atoms with van der Waals surface area (Å²) in [6.07, 6.45) is 0.351. The molecule has 0 bridgehead atoms. The number of urea groups is 1. The molecule has 0 spiro atoms. The van der Waals surface area contributed by atoms with E-state index in [4.69, 9.17) is 0 Å². The van der Waals surface area contributed by atoms with Crippen molar-refractivity contribution in [3.05, 3.63) is 29.3 Å². The van der Waals surface area contributed by atoms with E-state index in [0.29, 0.717) is 19.5 Å². The Morgan fingerprint density at radius 2 is 2.10 bits per heavy atom. The molecule has 108 valence electrons. The van der Waals surface area contributed by atoms with E-state index in [1.54, 1.807) is 4.90 Å². The zero-order chi connectivity index (χ0) is 14.7. The van der Waals surface area contributed by atoms with E-state index in [1.165, 1.54) is 5.56 Å². The topological polar surface area (TPSA) is 61.4 Å². The largest absolute Gasteiger partial charge is 0.338 e. The number of hydrogen-bond acceptors (Lipinski definition) is 2. The van der Waals surface area contributed by atoms with E-state index in [2.05, 4.69) is 10.6 Å². The number of benzene rings is 1. The molecule has 1 aromatic rings. The summed E-state index contributed by atoms with van der Waals surface area (Å²) in [5.74, 6) is 0.0510. The summed E-state index contributed by atoms with van der Waals surface area (Å²) in [4.78, 5) is 25.3. The molecule has 5 nitrogen and oxygen atoms in total. The minimum atomic E-state index is -0.216. The first-order valence-electron chi connectivity index (χ1n) is 6.93. The smallest absolute Gasteiger partial charge is 0.315 e. The highest BCUT2D eigenvalue weighted by molar-refractivity contribution is 5.96. The summed E-state index contributed by atoms with van der Waals surface area (Å²) in [6, 6.07) is 5.64. The number of carbonyl (C=O) groups excluding carboxylic acids is 2. The van der Waals surface area contributed by atoms with Crippen LogP contribution in [-0.2, 0) is 4.79 Å². The van der Waals surface area contributed by atoms with Crippen LogP contribution in [0, 0.1) is 13.8 Å². The minimum absolute atomic E-state index is 0.0510. The fraction of sp³-hybridized carbons (Fsp3) is 0.467. The summed E-state index contributed by atoms with van der Waals surface area (Å²) in [5.41, 5.74) is 3.27. The van der Waals surface area contributed by atoms with E-state index < -0.39 is 0 Å². The van der Waals surface area contributed by atoms with Gasteiger partial charge in [0.1, 0.15) is 0 Å². The van der Waals surface area contributed by atoms with Crippen molar-refractivity contribution in [2.24, 2.45) is 0 Å². The monoisotopic (exact) mass is 275 g/mol. The second kappa shape index (κ2) is 5.94. The van der Waals surface area contributed by atoms with Crippen molar-refractivity contribution >= 4 is 17.6 Å². The molecule has 0 saturated carbocycles. The number of nitrogens with zero attached hydrogens (tertiary/aromatic N) is 1. The zero-order valence-electron chi connectivity index (χ0n) is 12.2. The lowest BCUT2D eigenvalue weighted by Crippen LogP contribution is -2.43. The van der Waals surface area contributed by atoms with Crippen LogP contribution in [0.25, 0.3) is 0 Å². The first kappa shape index (κ1) is 14.4. The Morgan fingerprint density at radius 1 is 1.35 bits per heavy atom. The van der Waals surface area contributed by atoms with Crippen LogP contribution in [0.5, 0.6) is 0 Å². The molecule has 1 heterocycles. The highest BCUT2D eigenvalue weighted by Gasteiger charge is 2.31. The molecular formula is C15H21N3O2. The molecular weight excluding hydrogens is 254 g/mol. The van der Waals surface area contributed by atoms with Crippen LogP contribution in [-0.4, -0.2) is 31.1 Å². The average molecular weight is 275 g/mol. The van der Waals surface area contributed by atoms with Gasteiger partial charge in [0, 0.05) is 25.2 Å². The molecule has 1 aliphatic heterocycles. The third kappa shape index (κ3) is 3.10. The number of aryl methyl sites for hydroxylation is 2. The lowest BCUT2D eigenvalue weighted by atomic mass is 10.1. The van der Waals surface area contributed by atoms with Gasteiger partial charge in [0.05, 0.1) is 6.04 Å². The Labute approximate surface area is 119 Å². The maximum Gasteiger partial charge on any atom is 0.315 e. The summed E-state index contributed by atoms with van der Waals surface area (Å²) < 4.78 is 0. The lowest BCUT2D eigenvalue weighted by Gasteiger charge is -2.18. The standard InChI is InChI=1S/C15H21N3O2/c1-4-16-15(20)17-12-8-14(19)18(9-12)13-6-5-10(2)11(3)7-13/h5-7,12H,4,8-9H2,1-3H3,(H2,16,17,20)/t12-/m0/s1. The Morgan fingerprint density at radius 3 is 2.75 bits per heavy atom. The van der Waals surface area contributed by atoms with Crippen molar-refractivity contribution in [3.63, 3.8) is 0 Å². The van der Waals surface area contributed by atoms with E-state index >= 15 is 0 Å². The van der Waals surface area contributed by atoms with Crippen LogP contribution >= 0.6 is 0 Å². The van der Waals surface area contributed by atoms with Crippen LogP contribution in [0.2, 0.25) is 0 Å². The average Bonchev–Trinajstić information content (AvgIpc) is 2.74. The van der Waals surface area contributed by atoms with Gasteiger partial charge in [-0.2, -0.15) is 0 Å². The molecule has 0 unspecified atom stereocenters. The van der Waals surface area contributed by atoms with Gasteiger partial charge in [0.2, 0.25) is 5.91 Å².